The number of halogens is 1. The number of nitrogens with zero attached hydrogens (tertiary/aromatic N) is 1. The Kier molecular flexibility index (Phi) is 7.53. The number of nitrogens with one attached hydrogen (secondary N) is 1. The highest BCUT2D eigenvalue weighted by Gasteiger charge is 2.19. The van der Waals surface area contributed by atoms with E-state index in [-0.39, 0.29) is 6.61 Å². The number of ether oxygens (including phenoxy) is 3. The normalized spacial score (nSPS) is 11.1. The van der Waals surface area contributed by atoms with E-state index in [1.165, 1.54) is 17.6 Å². The average Bonchev–Trinajstić information content (AvgIpc) is 3.28. The van der Waals surface area contributed by atoms with Gasteiger partial charge in [0.15, 0.2) is 6.61 Å². The van der Waals surface area contributed by atoms with E-state index in [1.54, 1.807) is 37.4 Å². The zero-order valence-electron chi connectivity index (χ0n) is 20.1. The molecule has 0 aliphatic carbocycles. The van der Waals surface area contributed by atoms with E-state index >= 15 is 0 Å². The van der Waals surface area contributed by atoms with Crippen LogP contribution in [0, 0.1) is 0 Å². The molecule has 0 fully saturated rings. The molecule has 0 bridgehead atoms. The first-order valence-corrected chi connectivity index (χ1v) is 12.7. The number of fused-ring (bicyclic) bond motifs is 2. The Morgan fingerprint density at radius 2 is 1.71 bits per heavy atom. The minimum atomic E-state index is -0.546. The molecule has 5 aromatic rings. The molecule has 0 aliphatic heterocycles. The molecule has 1 amide bonds. The summed E-state index contributed by atoms with van der Waals surface area (Å²) in [5.41, 5.74) is 3.14. The summed E-state index contributed by atoms with van der Waals surface area (Å²) in [6, 6.07) is 25.6. The molecule has 1 heterocycles. The van der Waals surface area contributed by atoms with Crippen LogP contribution in [0.4, 0.5) is 0 Å². The number of benzene rings is 4. The van der Waals surface area contributed by atoms with Crippen molar-refractivity contribution in [3.8, 4) is 17.2 Å². The number of hydrazone groups is 1. The number of carbonyl (C=O) groups excluding carboxylic acids is 2. The molecule has 0 saturated heterocycles. The maximum absolute atomic E-state index is 12.7. The van der Waals surface area contributed by atoms with Crippen LogP contribution in [0.2, 0.25) is 5.02 Å². The second-order valence-electron chi connectivity index (χ2n) is 8.12. The molecule has 0 radical (unpaired) electrons. The van der Waals surface area contributed by atoms with Crippen molar-refractivity contribution in [3.05, 3.63) is 100 Å². The van der Waals surface area contributed by atoms with Crippen molar-refractivity contribution >= 4 is 61.9 Å². The fourth-order valence-corrected chi connectivity index (χ4v) is 5.17. The van der Waals surface area contributed by atoms with Crippen LogP contribution in [0.5, 0.6) is 17.2 Å². The first kappa shape index (κ1) is 25.3. The smallest absolute Gasteiger partial charge is 0.355 e. The van der Waals surface area contributed by atoms with Gasteiger partial charge < -0.3 is 14.2 Å². The van der Waals surface area contributed by atoms with E-state index in [0.717, 1.165) is 20.9 Å². The van der Waals surface area contributed by atoms with Crippen molar-refractivity contribution < 1.29 is 23.8 Å². The number of amides is 1. The minimum absolute atomic E-state index is 0.173. The van der Waals surface area contributed by atoms with Crippen molar-refractivity contribution in [3.63, 3.8) is 0 Å². The molecule has 1 N–H and O–H groups in total. The number of esters is 1. The van der Waals surface area contributed by atoms with Gasteiger partial charge in [-0.05, 0) is 59.5 Å². The molecule has 5 rings (SSSR count). The lowest BCUT2D eigenvalue weighted by Crippen LogP contribution is -2.24. The number of hydrogen-bond donors (Lipinski definition) is 1. The van der Waals surface area contributed by atoms with Gasteiger partial charge >= 0.3 is 5.97 Å². The predicted molar refractivity (Wildman–Crippen MR) is 150 cm³/mol. The summed E-state index contributed by atoms with van der Waals surface area (Å²) < 4.78 is 17.2. The lowest BCUT2D eigenvalue weighted by molar-refractivity contribution is -0.123. The molecule has 190 valence electrons. The number of thiophene rings is 1. The van der Waals surface area contributed by atoms with Gasteiger partial charge in [0.25, 0.3) is 5.91 Å². The Morgan fingerprint density at radius 1 is 0.947 bits per heavy atom. The van der Waals surface area contributed by atoms with Gasteiger partial charge in [0, 0.05) is 15.5 Å². The second kappa shape index (κ2) is 11.3. The molecule has 0 atom stereocenters. The molecule has 9 heteroatoms. The molecule has 0 unspecified atom stereocenters. The Labute approximate surface area is 227 Å². The van der Waals surface area contributed by atoms with E-state index in [9.17, 15) is 9.59 Å². The van der Waals surface area contributed by atoms with Crippen LogP contribution in [0.3, 0.4) is 0 Å². The molecule has 0 saturated carbocycles. The van der Waals surface area contributed by atoms with Crippen molar-refractivity contribution in [2.45, 2.75) is 0 Å². The Bertz CT molecular complexity index is 1660. The Morgan fingerprint density at radius 3 is 2.53 bits per heavy atom. The van der Waals surface area contributed by atoms with E-state index < -0.39 is 11.9 Å². The van der Waals surface area contributed by atoms with Crippen LogP contribution in [0.1, 0.15) is 15.2 Å². The highest BCUT2D eigenvalue weighted by Crippen LogP contribution is 2.37. The van der Waals surface area contributed by atoms with E-state index in [2.05, 4.69) is 10.5 Å². The third-order valence-electron chi connectivity index (χ3n) is 5.62. The van der Waals surface area contributed by atoms with Crippen LogP contribution >= 0.6 is 22.9 Å². The molecule has 0 aliphatic rings. The van der Waals surface area contributed by atoms with Crippen molar-refractivity contribution in [2.75, 3.05) is 13.7 Å². The molecular formula is C29H21ClN2O5S. The monoisotopic (exact) mass is 544 g/mol. The molecule has 4 aromatic carbocycles. The maximum Gasteiger partial charge on any atom is 0.355 e. The van der Waals surface area contributed by atoms with Gasteiger partial charge in [0.2, 0.25) is 0 Å². The van der Waals surface area contributed by atoms with Gasteiger partial charge in [-0.25, -0.2) is 10.2 Å². The van der Waals surface area contributed by atoms with Gasteiger partial charge in [-0.1, -0.05) is 48.0 Å². The van der Waals surface area contributed by atoms with Gasteiger partial charge in [0.1, 0.15) is 22.1 Å². The summed E-state index contributed by atoms with van der Waals surface area (Å²) in [6.45, 7) is -0.173. The number of hydrogen-bond acceptors (Lipinski definition) is 7. The first-order chi connectivity index (χ1) is 18.5. The fourth-order valence-electron chi connectivity index (χ4n) is 3.76. The fraction of sp³-hybridized carbons (Fsp3) is 0.0690. The summed E-state index contributed by atoms with van der Waals surface area (Å²) in [5.74, 6) is 0.725. The summed E-state index contributed by atoms with van der Waals surface area (Å²) in [4.78, 5) is 25.2. The zero-order chi connectivity index (χ0) is 26.5. The van der Waals surface area contributed by atoms with Gasteiger partial charge in [-0.2, -0.15) is 5.10 Å². The number of methoxy groups -OCH3 is 1. The standard InChI is InChI=1S/C29H21ClN2O5S/c1-35-21-13-14-23-25(15-21)38-28(27(23)30)29(34)37-20-11-9-18(10-12-20)16-31-32-26(33)17-36-24-8-4-6-19-5-2-3-7-22(19)24/h2-16H,17H2,1H3,(H,32,33)/b31-16-. The SMILES string of the molecule is COc1ccc2c(Cl)c(C(=O)Oc3ccc(/C=N\NC(=O)COc4cccc5ccccc45)cc3)sc2c1. The average molecular weight is 545 g/mol. The summed E-state index contributed by atoms with van der Waals surface area (Å²) >= 11 is 7.66. The largest absolute Gasteiger partial charge is 0.497 e. The van der Waals surface area contributed by atoms with E-state index in [1.807, 2.05) is 54.6 Å². The molecule has 38 heavy (non-hydrogen) atoms. The van der Waals surface area contributed by atoms with Crippen LogP contribution in [0.15, 0.2) is 90.0 Å². The molecule has 0 spiro atoms. The van der Waals surface area contributed by atoms with Crippen molar-refractivity contribution in [1.82, 2.24) is 5.43 Å². The van der Waals surface area contributed by atoms with E-state index in [4.69, 9.17) is 25.8 Å². The highest BCUT2D eigenvalue weighted by atomic mass is 35.5. The lowest BCUT2D eigenvalue weighted by Gasteiger charge is -2.08. The van der Waals surface area contributed by atoms with Crippen LogP contribution in [-0.2, 0) is 4.79 Å². The quantitative estimate of drug-likeness (QED) is 0.105. The highest BCUT2D eigenvalue weighted by molar-refractivity contribution is 7.21. The Balaban J connectivity index is 1.15. The number of carbonyl (C=O) groups is 2. The first-order valence-electron chi connectivity index (χ1n) is 11.5. The summed E-state index contributed by atoms with van der Waals surface area (Å²) in [5, 5.41) is 7.04. The van der Waals surface area contributed by atoms with Crippen LogP contribution in [-0.4, -0.2) is 31.8 Å². The third-order valence-corrected chi connectivity index (χ3v) is 7.26. The van der Waals surface area contributed by atoms with E-state index in [0.29, 0.717) is 32.7 Å². The van der Waals surface area contributed by atoms with Gasteiger partial charge in [-0.3, -0.25) is 4.79 Å². The van der Waals surface area contributed by atoms with Crippen LogP contribution < -0.4 is 19.6 Å². The molecule has 7 nitrogen and oxygen atoms in total. The summed E-state index contributed by atoms with van der Waals surface area (Å²) in [6.07, 6.45) is 1.48. The topological polar surface area (TPSA) is 86.2 Å². The third kappa shape index (κ3) is 5.61. The van der Waals surface area contributed by atoms with Crippen molar-refractivity contribution in [2.24, 2.45) is 5.10 Å². The number of rotatable bonds is 8. The Hall–Kier alpha value is -4.40. The lowest BCUT2D eigenvalue weighted by atomic mass is 10.1. The maximum atomic E-state index is 12.7. The second-order valence-corrected chi connectivity index (χ2v) is 9.56. The van der Waals surface area contributed by atoms with Gasteiger partial charge in [0.05, 0.1) is 18.3 Å². The summed E-state index contributed by atoms with van der Waals surface area (Å²) in [7, 11) is 1.58. The van der Waals surface area contributed by atoms with Crippen LogP contribution in [0.25, 0.3) is 20.9 Å². The predicted octanol–water partition coefficient (Wildman–Crippen LogP) is 6.46. The van der Waals surface area contributed by atoms with Crippen molar-refractivity contribution in [1.29, 1.82) is 0 Å². The molecule has 1 aromatic heterocycles. The van der Waals surface area contributed by atoms with Gasteiger partial charge in [-0.15, -0.1) is 11.3 Å². The minimum Gasteiger partial charge on any atom is -0.497 e. The zero-order valence-corrected chi connectivity index (χ0v) is 21.7. The molecular weight excluding hydrogens is 524 g/mol.